The molecule has 0 amide bonds. The molecule has 0 spiro atoms. The molecule has 1 nitrogen and oxygen atoms in total. The molecule has 0 unspecified atom stereocenters. The van der Waals surface area contributed by atoms with Crippen LogP contribution < -0.4 is 0 Å². The molecule has 0 aliphatic rings. The van der Waals surface area contributed by atoms with E-state index in [1.54, 1.807) is 0 Å². The number of hydrogen-bond acceptors (Lipinski definition) is 1. The van der Waals surface area contributed by atoms with Gasteiger partial charge in [0, 0.05) is 5.57 Å². The van der Waals surface area contributed by atoms with E-state index in [9.17, 15) is 13.2 Å². The van der Waals surface area contributed by atoms with Crippen molar-refractivity contribution in [2.75, 3.05) is 0 Å². The lowest BCUT2D eigenvalue weighted by Crippen LogP contribution is -2.14. The predicted octanol–water partition coefficient (Wildman–Crippen LogP) is 1.23. The van der Waals surface area contributed by atoms with Crippen LogP contribution in [0, 0.1) is 0 Å². The van der Waals surface area contributed by atoms with Gasteiger partial charge in [0.2, 0.25) is 0 Å². The minimum absolute atomic E-state index is 0.274. The number of hydrogen-bond donors (Lipinski definition) is 1. The molecule has 1 N–H and O–H groups in total. The molecule has 0 saturated heterocycles. The van der Waals surface area contributed by atoms with E-state index in [1.807, 2.05) is 0 Å². The quantitative estimate of drug-likeness (QED) is 0.462. The summed E-state index contributed by atoms with van der Waals surface area (Å²) in [7, 11) is 0.274. The summed E-state index contributed by atoms with van der Waals surface area (Å²) in [4.78, 5) is 0. The summed E-state index contributed by atoms with van der Waals surface area (Å²) < 4.78 is 34.8. The highest BCUT2D eigenvalue weighted by molar-refractivity contribution is 6.38. The summed E-state index contributed by atoms with van der Waals surface area (Å²) in [6.07, 6.45) is -4.50. The highest BCUT2D eigenvalue weighted by atomic mass is 19.4. The van der Waals surface area contributed by atoms with Crippen LogP contribution in [0.3, 0.4) is 0 Å². The van der Waals surface area contributed by atoms with Crippen LogP contribution in [-0.2, 0) is 0 Å². The van der Waals surface area contributed by atoms with Crippen LogP contribution >= 0.6 is 0 Å². The van der Waals surface area contributed by atoms with Crippen LogP contribution in [0.1, 0.15) is 0 Å². The van der Waals surface area contributed by atoms with Gasteiger partial charge < -0.3 is 5.02 Å². The molecule has 5 heteroatoms. The van der Waals surface area contributed by atoms with Crippen molar-refractivity contribution < 1.29 is 18.2 Å². The predicted molar refractivity (Wildman–Crippen MR) is 32.3 cm³/mol. The van der Waals surface area contributed by atoms with Crippen molar-refractivity contribution in [2.45, 2.75) is 6.18 Å². The second-order valence-corrected chi connectivity index (χ2v) is 1.63. The smallest absolute Gasteiger partial charge is 0.415 e. The Morgan fingerprint density at radius 2 is 1.70 bits per heavy atom. The summed E-state index contributed by atoms with van der Waals surface area (Å²) in [5.74, 6) is 0. The van der Waals surface area contributed by atoms with Crippen molar-refractivity contribution in [1.29, 1.82) is 0 Å². The Balaban J connectivity index is 4.24. The average molecular weight is 149 g/mol. The van der Waals surface area contributed by atoms with Crippen LogP contribution in [-0.4, -0.2) is 18.7 Å². The molecule has 0 aromatic carbocycles. The Kier molecular flexibility index (Phi) is 2.71. The van der Waals surface area contributed by atoms with Crippen molar-refractivity contribution >= 4 is 7.48 Å². The molecule has 55 valence electrons. The van der Waals surface area contributed by atoms with E-state index in [0.717, 1.165) is 0 Å². The highest BCUT2D eigenvalue weighted by Crippen LogP contribution is 2.27. The van der Waals surface area contributed by atoms with Gasteiger partial charge in [-0.15, -0.1) is 6.58 Å². The van der Waals surface area contributed by atoms with E-state index in [0.29, 0.717) is 0 Å². The first-order valence-electron chi connectivity index (χ1n) is 2.32. The van der Waals surface area contributed by atoms with Gasteiger partial charge in [0.15, 0.2) is 0 Å². The number of rotatable bonds is 2. The molecule has 0 aliphatic heterocycles. The maximum absolute atomic E-state index is 11.6. The Labute approximate surface area is 57.1 Å². The van der Waals surface area contributed by atoms with Gasteiger partial charge >= 0.3 is 13.7 Å². The normalized spacial score (nSPS) is 10.8. The summed E-state index contributed by atoms with van der Waals surface area (Å²) in [5, 5.41) is 8.08. The van der Waals surface area contributed by atoms with Gasteiger partial charge in [-0.1, -0.05) is 6.58 Å². The number of allylic oxidation sites excluding steroid dienone is 2. The molecule has 10 heavy (non-hydrogen) atoms. The Bertz CT molecular complexity index is 161. The van der Waals surface area contributed by atoms with Gasteiger partial charge in [0.05, 0.1) is 0 Å². The average Bonchev–Trinajstić information content (AvgIpc) is 1.83. The number of halogens is 3. The molecule has 1 radical (unpaired) electrons. The van der Waals surface area contributed by atoms with Gasteiger partial charge in [-0.3, -0.25) is 0 Å². The monoisotopic (exact) mass is 149 g/mol. The summed E-state index contributed by atoms with van der Waals surface area (Å²) in [5.41, 5.74) is -1.65. The first-order chi connectivity index (χ1) is 4.39. The molecule has 0 aromatic heterocycles. The van der Waals surface area contributed by atoms with Gasteiger partial charge in [-0.05, 0) is 5.47 Å². The van der Waals surface area contributed by atoms with Gasteiger partial charge in [0.1, 0.15) is 0 Å². The zero-order valence-corrected chi connectivity index (χ0v) is 5.07. The molecule has 0 aliphatic carbocycles. The second kappa shape index (κ2) is 2.92. The van der Waals surface area contributed by atoms with Crippen LogP contribution in [0.15, 0.2) is 24.2 Å². The van der Waals surface area contributed by atoms with Crippen molar-refractivity contribution in [2.24, 2.45) is 0 Å². The van der Waals surface area contributed by atoms with Gasteiger partial charge in [-0.25, -0.2) is 0 Å². The van der Waals surface area contributed by atoms with E-state index in [-0.39, 0.29) is 7.48 Å². The molecule has 0 fully saturated rings. The van der Waals surface area contributed by atoms with Crippen molar-refractivity contribution in [3.8, 4) is 0 Å². The van der Waals surface area contributed by atoms with E-state index in [2.05, 4.69) is 13.2 Å². The zero-order chi connectivity index (χ0) is 8.36. The molecular formula is C5H5BF3O. The first-order valence-corrected chi connectivity index (χ1v) is 2.32. The van der Waals surface area contributed by atoms with Crippen LogP contribution in [0.2, 0.25) is 0 Å². The van der Waals surface area contributed by atoms with Crippen LogP contribution in [0.4, 0.5) is 13.2 Å². The number of alkyl halides is 3. The lowest BCUT2D eigenvalue weighted by molar-refractivity contribution is -0.0883. The lowest BCUT2D eigenvalue weighted by Gasteiger charge is -2.08. The molecular weight excluding hydrogens is 144 g/mol. The SMILES string of the molecule is C=C([B]O)C(=C)C(F)(F)F. The first kappa shape index (κ1) is 9.29. The molecule has 0 saturated carbocycles. The zero-order valence-electron chi connectivity index (χ0n) is 5.07. The fourth-order valence-electron chi connectivity index (χ4n) is 0.260. The van der Waals surface area contributed by atoms with Crippen molar-refractivity contribution in [3.05, 3.63) is 24.2 Å². The third-order valence-corrected chi connectivity index (χ3v) is 0.886. The Morgan fingerprint density at radius 3 is 1.80 bits per heavy atom. The fourth-order valence-corrected chi connectivity index (χ4v) is 0.260. The third-order valence-electron chi connectivity index (χ3n) is 0.886. The van der Waals surface area contributed by atoms with E-state index >= 15 is 0 Å². The Hall–Kier alpha value is -0.705. The highest BCUT2D eigenvalue weighted by Gasteiger charge is 2.33. The van der Waals surface area contributed by atoms with E-state index in [1.165, 1.54) is 0 Å². The summed E-state index contributed by atoms with van der Waals surface area (Å²) in [6, 6.07) is 0. The largest absolute Gasteiger partial charge is 0.450 e. The lowest BCUT2D eigenvalue weighted by atomic mass is 9.84. The van der Waals surface area contributed by atoms with Crippen LogP contribution in [0.25, 0.3) is 0 Å². The second-order valence-electron chi connectivity index (χ2n) is 1.63. The van der Waals surface area contributed by atoms with Crippen LogP contribution in [0.5, 0.6) is 0 Å². The maximum Gasteiger partial charge on any atom is 0.415 e. The molecule has 0 heterocycles. The van der Waals surface area contributed by atoms with E-state index < -0.39 is 17.2 Å². The Morgan fingerprint density at radius 1 is 1.30 bits per heavy atom. The summed E-state index contributed by atoms with van der Waals surface area (Å²) in [6.45, 7) is 5.60. The van der Waals surface area contributed by atoms with Gasteiger partial charge in [-0.2, -0.15) is 13.2 Å². The van der Waals surface area contributed by atoms with Crippen molar-refractivity contribution in [1.82, 2.24) is 0 Å². The maximum atomic E-state index is 11.6. The van der Waals surface area contributed by atoms with E-state index in [4.69, 9.17) is 5.02 Å². The molecule has 0 atom stereocenters. The summed E-state index contributed by atoms with van der Waals surface area (Å²) >= 11 is 0. The van der Waals surface area contributed by atoms with Crippen molar-refractivity contribution in [3.63, 3.8) is 0 Å². The third kappa shape index (κ3) is 2.27. The molecule has 0 aromatic rings. The molecule has 0 bridgehead atoms. The topological polar surface area (TPSA) is 20.2 Å². The molecule has 0 rings (SSSR count). The van der Waals surface area contributed by atoms with Gasteiger partial charge in [0.25, 0.3) is 0 Å². The minimum Gasteiger partial charge on any atom is -0.450 e. The fraction of sp³-hybridized carbons (Fsp3) is 0.200. The standard InChI is InChI=1S/C5H5BF3O/c1-3(4(2)6-10)5(7,8)9/h10H,1-2H2. The minimum atomic E-state index is -4.50.